The second-order valence-corrected chi connectivity index (χ2v) is 44.5. The topological polar surface area (TPSA) is 264 Å². The Hall–Kier alpha value is -3.55. The average molecular weight is 2320 g/mol. The third-order valence-electron chi connectivity index (χ3n) is 15.1. The van der Waals surface area contributed by atoms with Gasteiger partial charge in [-0.3, -0.25) is 9.59 Å². The molecule has 0 N–H and O–H groups in total. The van der Waals surface area contributed by atoms with Gasteiger partial charge in [0, 0.05) is 64.1 Å². The van der Waals surface area contributed by atoms with Crippen LogP contribution in [0.5, 0.6) is 0 Å². The third-order valence-corrected chi connectivity index (χ3v) is 33.7. The van der Waals surface area contributed by atoms with Crippen LogP contribution in [0.3, 0.4) is 0 Å². The smallest absolute Gasteiger partial charge is 0.422 e. The van der Waals surface area contributed by atoms with Gasteiger partial charge in [-0.15, -0.1) is 82.3 Å². The van der Waals surface area contributed by atoms with E-state index in [1.165, 1.54) is 94.1 Å². The number of thioether (sulfide) groups is 15. The molecule has 21 nitrogen and oxygen atoms in total. The molecule has 9 atom stereocenters. The van der Waals surface area contributed by atoms with Crippen molar-refractivity contribution in [3.05, 3.63) is 109 Å². The first-order valence-electron chi connectivity index (χ1n) is 38.2. The van der Waals surface area contributed by atoms with Crippen LogP contribution < -0.4 is 0 Å². The summed E-state index contributed by atoms with van der Waals surface area (Å²) in [7, 11) is 0. The quantitative estimate of drug-likeness (QED) is 0.0534. The van der Waals surface area contributed by atoms with E-state index < -0.39 is 198 Å². The number of esters is 7. The zero-order chi connectivity index (χ0) is 105. The molecule has 0 aromatic carbocycles. The van der Waals surface area contributed by atoms with Crippen molar-refractivity contribution in [3.8, 4) is 0 Å². The van der Waals surface area contributed by atoms with Crippen LogP contribution in [-0.2, 0) is 100.0 Å². The van der Waals surface area contributed by atoms with E-state index in [4.69, 9.17) is 28.4 Å². The van der Waals surface area contributed by atoms with Crippen molar-refractivity contribution in [2.75, 3.05) is 155 Å². The maximum absolute atomic E-state index is 12.2. The van der Waals surface area contributed by atoms with Gasteiger partial charge in [0.15, 0.2) is 21.7 Å². The minimum absolute atomic E-state index is 0.0737. The van der Waals surface area contributed by atoms with Gasteiger partial charge in [-0.2, -0.15) is 189 Å². The van der Waals surface area contributed by atoms with Gasteiger partial charge in [0.1, 0.15) is 50.2 Å². The zero-order valence-corrected chi connectivity index (χ0v) is 83.4. The van der Waals surface area contributed by atoms with Gasteiger partial charge in [0.05, 0.1) is 65.4 Å². The maximum Gasteiger partial charge on any atom is 0.422 e. The van der Waals surface area contributed by atoms with Crippen molar-refractivity contribution in [1.29, 1.82) is 0 Å². The molecule has 9 unspecified atom stereocenters. The third kappa shape index (κ3) is 58.7. The number of alkyl halides is 27. The lowest BCUT2D eigenvalue weighted by Gasteiger charge is -2.22. The summed E-state index contributed by atoms with van der Waals surface area (Å²) in [5.74, 6) is 3.90. The minimum atomic E-state index is -4.76. The van der Waals surface area contributed by atoms with E-state index in [0.29, 0.717) is 84.1 Å². The molecular weight excluding hydrogens is 2230 g/mol. The van der Waals surface area contributed by atoms with Crippen molar-refractivity contribution < 1.29 is 219 Å². The lowest BCUT2D eigenvalue weighted by Crippen LogP contribution is -2.31. The molecule has 0 spiro atoms. The Labute approximate surface area is 836 Å². The number of rotatable bonds is 18. The molecule has 0 bridgehead atoms. The molecule has 0 aromatic heterocycles. The van der Waals surface area contributed by atoms with Gasteiger partial charge in [-0.05, 0) is 60.2 Å². The SMILES string of the molecule is C=C(C(=O)OC1COCCCS1)C(F)(F)F.C=C(C(=O)OC1COCCS1)C(F)(F)F.C=C(C(=O)OC1CSCCCO1)C(F)(F)F.C=C(C(=O)OC1CSCCCS1)C(F)(F)F.C=C(C(=O)OC1CSCCO1)C(F)(F)F.C=C(C(=O)OC1CSCCS1)C(F)(F)F.C=C(C(=O)OC1CSCO1)C(F)(F)F.C=C(C(=O)SC1CSCCCS1)C(F)(F)F.C=C(C(=O)SC1CSCCS1)C(F)(F)F. The standard InChI is InChI=1S/2C9H11F3O3S.C9H11F3O2S2.C9H11F3OS3.2C8H9F3O3S.C8H9F3O2S2.C8H9F3OS3.C7H7F3O3S/c1-6(9(10,11)12)8(13)15-7-5-16-4-2-3-14-7;1-6(9(10,11)12)8(13)15-7-5-14-3-2-4-16-7;1-6(9(10,11)12)8(13)14-7-5-15-3-2-4-16-7;1-6(9(10,11)12)8(13)16-7-5-14-3-2-4-15-7;1-5(8(9,10)11)7(12)14-6-4-15-3-2-13-6;1-5(8(9,10)11)7(12)14-6-4-13-2-3-15-6;1-5(8(9,10)11)7(12)13-6-4-14-2-3-15-6;1-5(8(9,10)11)7(12)15-6-4-13-2-3-14-6;1-4(7(8,9)10)6(11)13-5-2-14-3-12-5/h4*7H,1-5H2;4*6H,1-4H2;5H,1-3H2. The Morgan fingerprint density at radius 2 is 0.500 bits per heavy atom. The van der Waals surface area contributed by atoms with E-state index in [0.717, 1.165) is 107 Å². The van der Waals surface area contributed by atoms with Crippen LogP contribution in [0.1, 0.15) is 25.7 Å². The Kier molecular flexibility index (Phi) is 63.3. The molecule has 138 heavy (non-hydrogen) atoms. The Morgan fingerprint density at radius 3 is 0.855 bits per heavy atom. The molecule has 0 amide bonds. The molecule has 0 aliphatic carbocycles. The summed E-state index contributed by atoms with van der Waals surface area (Å²) < 4.78 is 382. The van der Waals surface area contributed by atoms with Crippen molar-refractivity contribution in [2.45, 2.75) is 131 Å². The predicted molar refractivity (Wildman–Crippen MR) is 488 cm³/mol. The van der Waals surface area contributed by atoms with E-state index in [-0.39, 0.29) is 22.4 Å². The van der Waals surface area contributed by atoms with E-state index >= 15 is 0 Å². The first-order valence-corrected chi connectivity index (χ1v) is 54.3. The fourth-order valence-corrected chi connectivity index (χ4v) is 24.8. The summed E-state index contributed by atoms with van der Waals surface area (Å²) >= 11 is 20.5. The largest absolute Gasteiger partial charge is 0.447 e. The molecule has 9 aliphatic rings. The van der Waals surface area contributed by atoms with Gasteiger partial charge in [-0.25, -0.2) is 33.6 Å². The molecule has 9 aliphatic heterocycles. The molecule has 9 heterocycles. The highest BCUT2D eigenvalue weighted by Gasteiger charge is 2.47. The summed E-state index contributed by atoms with van der Waals surface area (Å²) in [5, 5.41) is -1.91. The molecule has 792 valence electrons. The summed E-state index contributed by atoms with van der Waals surface area (Å²) in [6, 6.07) is 0. The number of ether oxygens (including phenoxy) is 12. The second-order valence-electron chi connectivity index (χ2n) is 25.9. The first kappa shape index (κ1) is 132. The number of carbonyl (C=O) groups excluding carboxylic acids is 9. The average Bonchev–Trinajstić information content (AvgIpc) is 1.56. The van der Waals surface area contributed by atoms with Crippen molar-refractivity contribution in [2.24, 2.45) is 0 Å². The molecule has 0 radical (unpaired) electrons. The van der Waals surface area contributed by atoms with Gasteiger partial charge < -0.3 is 56.8 Å². The van der Waals surface area contributed by atoms with Crippen LogP contribution in [0, 0.1) is 0 Å². The predicted octanol–water partition coefficient (Wildman–Crippen LogP) is 21.5. The Balaban J connectivity index is 0.000000776. The number of hydrogen-bond donors (Lipinski definition) is 0. The van der Waals surface area contributed by atoms with E-state index in [9.17, 15) is 162 Å². The second kappa shape index (κ2) is 65.9. The summed E-state index contributed by atoms with van der Waals surface area (Å²) in [6.45, 7) is 26.2. The first-order chi connectivity index (χ1) is 63.7. The molecule has 9 rings (SSSR count). The van der Waals surface area contributed by atoms with Crippen LogP contribution in [0.25, 0.3) is 0 Å². The highest BCUT2D eigenvalue weighted by molar-refractivity contribution is 8.26. The lowest BCUT2D eigenvalue weighted by molar-refractivity contribution is -0.178. The normalized spacial score (nSPS) is 22.3. The molecule has 9 saturated heterocycles. The summed E-state index contributed by atoms with van der Waals surface area (Å²) in [6.07, 6.45) is -41.5. The van der Waals surface area contributed by atoms with E-state index in [1.807, 2.05) is 0 Å². The van der Waals surface area contributed by atoms with Crippen LogP contribution in [-0.4, -0.2) is 312 Å². The van der Waals surface area contributed by atoms with Gasteiger partial charge >= 0.3 is 97.4 Å². The van der Waals surface area contributed by atoms with Gasteiger partial charge in [0.25, 0.3) is 0 Å². The van der Waals surface area contributed by atoms with Crippen LogP contribution in [0.2, 0.25) is 0 Å². The molecule has 0 aromatic rings. The minimum Gasteiger partial charge on any atom is -0.447 e. The maximum atomic E-state index is 12.2. The Bertz CT molecular complexity index is 3480. The van der Waals surface area contributed by atoms with Crippen LogP contribution in [0.15, 0.2) is 109 Å². The van der Waals surface area contributed by atoms with Gasteiger partial charge in [-0.1, -0.05) is 82.7 Å². The molecular formula is C75H87F27O21S15. The van der Waals surface area contributed by atoms with Crippen LogP contribution >= 0.6 is 176 Å². The fraction of sp³-hybridized carbons (Fsp3) is 0.640. The fourth-order valence-electron chi connectivity index (χ4n) is 7.96. The molecule has 63 heteroatoms. The Morgan fingerprint density at radius 1 is 0.239 bits per heavy atom. The van der Waals surface area contributed by atoms with Crippen molar-refractivity contribution >= 4 is 228 Å². The van der Waals surface area contributed by atoms with E-state index in [1.54, 1.807) is 58.8 Å². The monoisotopic (exact) mass is 2320 g/mol. The molecule has 0 saturated carbocycles. The van der Waals surface area contributed by atoms with Crippen molar-refractivity contribution in [1.82, 2.24) is 0 Å². The zero-order valence-electron chi connectivity index (χ0n) is 71.2. The number of carbonyl (C=O) groups is 9. The highest BCUT2D eigenvalue weighted by atomic mass is 32.2. The molecule has 9 fully saturated rings. The van der Waals surface area contributed by atoms with E-state index in [2.05, 4.69) is 87.6 Å². The summed E-state index contributed by atoms with van der Waals surface area (Å²) in [5.41, 5.74) is -15.3. The number of halogens is 27. The van der Waals surface area contributed by atoms with Gasteiger partial charge in [0.2, 0.25) is 29.1 Å². The van der Waals surface area contributed by atoms with Crippen LogP contribution in [0.4, 0.5) is 119 Å². The lowest BCUT2D eigenvalue weighted by atomic mass is 10.3. The number of hydrogen-bond acceptors (Lipinski definition) is 36. The van der Waals surface area contributed by atoms with Crippen molar-refractivity contribution in [3.63, 3.8) is 0 Å². The summed E-state index contributed by atoms with van der Waals surface area (Å²) in [4.78, 5) is 99.4. The highest BCUT2D eigenvalue weighted by Crippen LogP contribution is 2.41.